The molecule has 0 aromatic heterocycles. The molecular formula is C10H19NOS2. The average molecular weight is 233 g/mol. The van der Waals surface area contributed by atoms with Crippen molar-refractivity contribution < 1.29 is 4.79 Å². The van der Waals surface area contributed by atoms with Gasteiger partial charge in [-0.25, -0.2) is 0 Å². The lowest BCUT2D eigenvalue weighted by Crippen LogP contribution is -2.31. The summed E-state index contributed by atoms with van der Waals surface area (Å²) in [7, 11) is 1.90. The van der Waals surface area contributed by atoms with Gasteiger partial charge >= 0.3 is 0 Å². The zero-order chi connectivity index (χ0) is 10.6. The monoisotopic (exact) mass is 233 g/mol. The van der Waals surface area contributed by atoms with Crippen LogP contribution in [0.3, 0.4) is 0 Å². The Morgan fingerprint density at radius 1 is 1.57 bits per heavy atom. The minimum atomic E-state index is 0.258. The van der Waals surface area contributed by atoms with Crippen LogP contribution in [0.5, 0.6) is 0 Å². The maximum Gasteiger partial charge on any atom is 0.222 e. The van der Waals surface area contributed by atoms with Crippen LogP contribution in [0.1, 0.15) is 19.3 Å². The van der Waals surface area contributed by atoms with Crippen LogP contribution in [0.4, 0.5) is 0 Å². The number of hydrogen-bond donors (Lipinski definition) is 1. The van der Waals surface area contributed by atoms with E-state index in [1.807, 2.05) is 11.9 Å². The number of rotatable bonds is 6. The topological polar surface area (TPSA) is 20.3 Å². The van der Waals surface area contributed by atoms with Crippen LogP contribution in [0.15, 0.2) is 0 Å². The van der Waals surface area contributed by atoms with Gasteiger partial charge in [-0.05, 0) is 30.3 Å². The van der Waals surface area contributed by atoms with E-state index in [2.05, 4.69) is 18.9 Å². The van der Waals surface area contributed by atoms with Crippen molar-refractivity contribution in [2.45, 2.75) is 19.3 Å². The fraction of sp³-hybridized carbons (Fsp3) is 0.900. The second-order valence-corrected chi connectivity index (χ2v) is 5.44. The number of nitrogens with zero attached hydrogens (tertiary/aromatic N) is 1. The molecule has 4 heteroatoms. The zero-order valence-corrected chi connectivity index (χ0v) is 10.7. The molecule has 0 N–H and O–H groups in total. The third-order valence-corrected chi connectivity index (χ3v) is 4.14. The van der Waals surface area contributed by atoms with Crippen molar-refractivity contribution in [1.82, 2.24) is 4.90 Å². The first-order valence-corrected chi connectivity index (χ1v) is 7.00. The first kappa shape index (κ1) is 12.2. The SMILES string of the molecule is CSCCN(C)C(=O)CC1(CS)CC1. The first-order chi connectivity index (χ1) is 6.63. The summed E-state index contributed by atoms with van der Waals surface area (Å²) in [5.74, 6) is 2.16. The van der Waals surface area contributed by atoms with E-state index in [1.165, 1.54) is 12.8 Å². The van der Waals surface area contributed by atoms with Crippen molar-refractivity contribution >= 4 is 30.3 Å². The van der Waals surface area contributed by atoms with E-state index in [0.29, 0.717) is 6.42 Å². The number of thioether (sulfide) groups is 1. The summed E-state index contributed by atoms with van der Waals surface area (Å²) < 4.78 is 0. The average Bonchev–Trinajstić information content (AvgIpc) is 2.94. The minimum absolute atomic E-state index is 0.258. The lowest BCUT2D eigenvalue weighted by Gasteiger charge is -2.19. The Morgan fingerprint density at radius 3 is 2.64 bits per heavy atom. The van der Waals surface area contributed by atoms with Crippen molar-refractivity contribution in [3.8, 4) is 0 Å². The van der Waals surface area contributed by atoms with Crippen LogP contribution < -0.4 is 0 Å². The van der Waals surface area contributed by atoms with Crippen LogP contribution in [-0.4, -0.2) is 42.2 Å². The Kier molecular flexibility index (Phi) is 4.64. The second-order valence-electron chi connectivity index (χ2n) is 4.14. The van der Waals surface area contributed by atoms with Crippen molar-refractivity contribution in [2.75, 3.05) is 31.4 Å². The molecule has 0 bridgehead atoms. The summed E-state index contributed by atoms with van der Waals surface area (Å²) in [5.41, 5.74) is 0.258. The van der Waals surface area contributed by atoms with Crippen LogP contribution in [0.2, 0.25) is 0 Å². The Bertz CT molecular complexity index is 204. The van der Waals surface area contributed by atoms with Gasteiger partial charge in [-0.2, -0.15) is 24.4 Å². The molecule has 0 aromatic carbocycles. The maximum absolute atomic E-state index is 11.7. The largest absolute Gasteiger partial charge is 0.345 e. The summed E-state index contributed by atoms with van der Waals surface area (Å²) in [6.45, 7) is 0.864. The molecule has 0 atom stereocenters. The summed E-state index contributed by atoms with van der Waals surface area (Å²) in [6, 6.07) is 0. The standard InChI is InChI=1S/C10H19NOS2/c1-11(5-6-14-2)9(12)7-10(8-13)3-4-10/h13H,3-8H2,1-2H3. The van der Waals surface area contributed by atoms with Crippen LogP contribution in [-0.2, 0) is 4.79 Å². The van der Waals surface area contributed by atoms with Gasteiger partial charge in [0.15, 0.2) is 0 Å². The predicted molar refractivity (Wildman–Crippen MR) is 66.2 cm³/mol. The lowest BCUT2D eigenvalue weighted by molar-refractivity contribution is -0.130. The molecule has 1 aliphatic rings. The Balaban J connectivity index is 2.27. The van der Waals surface area contributed by atoms with Gasteiger partial charge in [0.2, 0.25) is 5.91 Å². The van der Waals surface area contributed by atoms with Crippen molar-refractivity contribution in [2.24, 2.45) is 5.41 Å². The third kappa shape index (κ3) is 3.39. The van der Waals surface area contributed by atoms with Crippen molar-refractivity contribution in [1.29, 1.82) is 0 Å². The number of carbonyl (C=O) groups is 1. The van der Waals surface area contributed by atoms with Crippen molar-refractivity contribution in [3.63, 3.8) is 0 Å². The highest BCUT2D eigenvalue weighted by atomic mass is 32.2. The number of amides is 1. The van der Waals surface area contributed by atoms with Gasteiger partial charge in [-0.3, -0.25) is 4.79 Å². The number of hydrogen-bond acceptors (Lipinski definition) is 3. The fourth-order valence-corrected chi connectivity index (χ4v) is 2.26. The highest BCUT2D eigenvalue weighted by Gasteiger charge is 2.43. The van der Waals surface area contributed by atoms with Gasteiger partial charge in [0.1, 0.15) is 0 Å². The molecule has 1 saturated carbocycles. The summed E-state index contributed by atoms with van der Waals surface area (Å²) in [6.07, 6.45) is 5.12. The highest BCUT2D eigenvalue weighted by molar-refractivity contribution is 7.98. The molecule has 14 heavy (non-hydrogen) atoms. The molecule has 1 amide bonds. The van der Waals surface area contributed by atoms with E-state index >= 15 is 0 Å². The summed E-state index contributed by atoms with van der Waals surface area (Å²) >= 11 is 6.08. The van der Waals surface area contributed by atoms with Gasteiger partial charge in [-0.1, -0.05) is 0 Å². The molecule has 1 rings (SSSR count). The third-order valence-electron chi connectivity index (χ3n) is 2.88. The molecule has 0 aliphatic heterocycles. The molecule has 2 nitrogen and oxygen atoms in total. The van der Waals surface area contributed by atoms with Gasteiger partial charge in [-0.15, -0.1) is 0 Å². The van der Waals surface area contributed by atoms with Gasteiger partial charge in [0.05, 0.1) is 0 Å². The molecule has 0 saturated heterocycles. The predicted octanol–water partition coefficient (Wildman–Crippen LogP) is 1.91. The van der Waals surface area contributed by atoms with Crippen LogP contribution in [0, 0.1) is 5.41 Å². The van der Waals surface area contributed by atoms with Gasteiger partial charge < -0.3 is 4.90 Å². The van der Waals surface area contributed by atoms with E-state index in [0.717, 1.165) is 18.1 Å². The highest BCUT2D eigenvalue weighted by Crippen LogP contribution is 2.49. The zero-order valence-electron chi connectivity index (χ0n) is 8.95. The Morgan fingerprint density at radius 2 is 2.21 bits per heavy atom. The minimum Gasteiger partial charge on any atom is -0.345 e. The summed E-state index contributed by atoms with van der Waals surface area (Å²) in [4.78, 5) is 13.6. The molecular weight excluding hydrogens is 214 g/mol. The number of thiol groups is 1. The van der Waals surface area contributed by atoms with E-state index < -0.39 is 0 Å². The molecule has 1 fully saturated rings. The van der Waals surface area contributed by atoms with Crippen molar-refractivity contribution in [3.05, 3.63) is 0 Å². The van der Waals surface area contributed by atoms with Gasteiger partial charge in [0, 0.05) is 25.8 Å². The van der Waals surface area contributed by atoms with Crippen LogP contribution in [0.25, 0.3) is 0 Å². The first-order valence-electron chi connectivity index (χ1n) is 4.97. The molecule has 1 aliphatic carbocycles. The smallest absolute Gasteiger partial charge is 0.222 e. The molecule has 0 spiro atoms. The maximum atomic E-state index is 11.7. The summed E-state index contributed by atoms with van der Waals surface area (Å²) in [5, 5.41) is 0. The fourth-order valence-electron chi connectivity index (χ4n) is 1.38. The normalized spacial score (nSPS) is 17.9. The van der Waals surface area contributed by atoms with E-state index in [9.17, 15) is 4.79 Å². The van der Waals surface area contributed by atoms with Gasteiger partial charge in [0.25, 0.3) is 0 Å². The second kappa shape index (κ2) is 5.31. The Labute approximate surface area is 96.2 Å². The molecule has 0 heterocycles. The van der Waals surface area contributed by atoms with E-state index in [4.69, 9.17) is 0 Å². The Hall–Kier alpha value is 0.170. The quantitative estimate of drug-likeness (QED) is 0.707. The van der Waals surface area contributed by atoms with Crippen LogP contribution >= 0.6 is 24.4 Å². The molecule has 0 aromatic rings. The lowest BCUT2D eigenvalue weighted by atomic mass is 10.0. The van der Waals surface area contributed by atoms with E-state index in [-0.39, 0.29) is 11.3 Å². The molecule has 0 unspecified atom stereocenters. The molecule has 82 valence electrons. The van der Waals surface area contributed by atoms with E-state index in [1.54, 1.807) is 11.8 Å². The number of carbonyl (C=O) groups excluding carboxylic acids is 1. The molecule has 0 radical (unpaired) electrons.